The van der Waals surface area contributed by atoms with Gasteiger partial charge in [-0.3, -0.25) is 9.30 Å². The first kappa shape index (κ1) is 22.8. The quantitative estimate of drug-likeness (QED) is 0.343. The van der Waals surface area contributed by atoms with Crippen LogP contribution in [0.3, 0.4) is 0 Å². The van der Waals surface area contributed by atoms with Crippen molar-refractivity contribution in [2.75, 3.05) is 38.2 Å². The van der Waals surface area contributed by atoms with Gasteiger partial charge in [0.1, 0.15) is 27.9 Å². The third-order valence-electron chi connectivity index (χ3n) is 4.99. The fourth-order valence-corrected chi connectivity index (χ4v) is 6.74. The summed E-state index contributed by atoms with van der Waals surface area (Å²) in [5, 5.41) is 3.48. The van der Waals surface area contributed by atoms with Crippen molar-refractivity contribution in [3.63, 3.8) is 0 Å². The molecular weight excluding hydrogens is 470 g/mol. The Morgan fingerprint density at radius 3 is 2.88 bits per heavy atom. The van der Waals surface area contributed by atoms with Gasteiger partial charge in [-0.25, -0.2) is 8.42 Å². The molecule has 3 heterocycles. The predicted octanol–water partition coefficient (Wildman–Crippen LogP) is 3.53. The summed E-state index contributed by atoms with van der Waals surface area (Å²) in [6.07, 6.45) is 1.36. The Labute approximate surface area is 194 Å². The summed E-state index contributed by atoms with van der Waals surface area (Å²) in [5.74, 6) is 0.545. The lowest BCUT2D eigenvalue weighted by Crippen LogP contribution is -2.26. The van der Waals surface area contributed by atoms with Gasteiger partial charge in [0, 0.05) is 37.3 Å². The van der Waals surface area contributed by atoms with Crippen molar-refractivity contribution >= 4 is 61.0 Å². The fraction of sp³-hybridized carbons (Fsp3) is 0.333. The lowest BCUT2D eigenvalue weighted by Gasteiger charge is -2.20. The van der Waals surface area contributed by atoms with Gasteiger partial charge in [-0.2, -0.15) is 0 Å². The molecule has 1 aromatic carbocycles. The van der Waals surface area contributed by atoms with Crippen molar-refractivity contribution < 1.29 is 22.7 Å². The molecule has 11 heteroatoms. The third-order valence-corrected chi connectivity index (χ3v) is 9.38. The van der Waals surface area contributed by atoms with Gasteiger partial charge < -0.3 is 19.3 Å². The molecule has 0 saturated heterocycles. The number of ether oxygens (including phenoxy) is 2. The van der Waals surface area contributed by atoms with Crippen LogP contribution in [0.4, 0.5) is 5.69 Å². The van der Waals surface area contributed by atoms with Crippen molar-refractivity contribution in [1.29, 1.82) is 0 Å². The van der Waals surface area contributed by atoms with Crippen molar-refractivity contribution in [2.24, 2.45) is 4.99 Å². The van der Waals surface area contributed by atoms with E-state index in [1.54, 1.807) is 42.5 Å². The van der Waals surface area contributed by atoms with E-state index in [2.05, 4.69) is 9.98 Å². The Morgan fingerprint density at radius 2 is 2.16 bits per heavy atom. The molecule has 4 rings (SSSR count). The van der Waals surface area contributed by atoms with E-state index < -0.39 is 10.0 Å². The van der Waals surface area contributed by atoms with Crippen LogP contribution in [0.1, 0.15) is 12.1 Å². The van der Waals surface area contributed by atoms with Gasteiger partial charge >= 0.3 is 0 Å². The monoisotopic (exact) mass is 493 g/mol. The summed E-state index contributed by atoms with van der Waals surface area (Å²) in [7, 11) is -0.605. The van der Waals surface area contributed by atoms with Gasteiger partial charge in [0.2, 0.25) is 0 Å². The lowest BCUT2D eigenvalue weighted by atomic mass is 10.2. The number of aliphatic imine (C=N–C) groups is 1. The first-order valence-electron chi connectivity index (χ1n) is 9.90. The Bertz CT molecular complexity index is 1240. The van der Waals surface area contributed by atoms with E-state index in [0.29, 0.717) is 43.1 Å². The molecule has 1 unspecified atom stereocenters. The van der Waals surface area contributed by atoms with Crippen LogP contribution in [-0.4, -0.2) is 63.9 Å². The molecule has 0 amide bonds. The summed E-state index contributed by atoms with van der Waals surface area (Å²) < 4.78 is 38.8. The third kappa shape index (κ3) is 4.56. The summed E-state index contributed by atoms with van der Waals surface area (Å²) in [6, 6.07) is 8.81. The molecular formula is C21H23N3O5S3. The average Bonchev–Trinajstić information content (AvgIpc) is 3.53. The zero-order valence-electron chi connectivity index (χ0n) is 17.6. The zero-order chi connectivity index (χ0) is 22.7. The normalized spacial score (nSPS) is 16.3. The van der Waals surface area contributed by atoms with E-state index >= 15 is 0 Å². The Hall–Kier alpha value is -2.34. The molecule has 0 spiro atoms. The van der Waals surface area contributed by atoms with Crippen molar-refractivity contribution in [2.45, 2.75) is 15.9 Å². The number of rotatable bonds is 10. The number of aromatic nitrogens is 1. The van der Waals surface area contributed by atoms with Gasteiger partial charge in [-0.1, -0.05) is 17.8 Å². The van der Waals surface area contributed by atoms with Gasteiger partial charge in [0.15, 0.2) is 0 Å². The van der Waals surface area contributed by atoms with E-state index in [1.807, 2.05) is 12.1 Å². The highest BCUT2D eigenvalue weighted by Crippen LogP contribution is 2.37. The molecule has 0 saturated carbocycles. The van der Waals surface area contributed by atoms with Crippen LogP contribution in [0.5, 0.6) is 5.75 Å². The number of H-pyrrole nitrogens is 1. The lowest BCUT2D eigenvalue weighted by molar-refractivity contribution is -0.107. The smallest absolute Gasteiger partial charge is 0.273 e. The average molecular weight is 494 g/mol. The Balaban J connectivity index is 1.75. The molecule has 0 bridgehead atoms. The van der Waals surface area contributed by atoms with Gasteiger partial charge in [0.25, 0.3) is 10.0 Å². The number of methoxy groups -OCH3 is 1. The van der Waals surface area contributed by atoms with Crippen LogP contribution < -0.4 is 9.04 Å². The SMILES string of the molecule is COCCOc1cc(N(C)S(=O)(=O)c2cccs2)c2[nH]c(C3=NCC(CC=O)S3)cc2c1. The molecule has 170 valence electrons. The molecule has 3 aromatic rings. The number of sulfonamides is 1. The number of carbonyl (C=O) groups excluding carboxylic acids is 1. The maximum atomic E-state index is 13.2. The minimum atomic E-state index is -3.73. The van der Waals surface area contributed by atoms with E-state index in [0.717, 1.165) is 22.4 Å². The summed E-state index contributed by atoms with van der Waals surface area (Å²) >= 11 is 2.72. The summed E-state index contributed by atoms with van der Waals surface area (Å²) in [4.78, 5) is 18.7. The van der Waals surface area contributed by atoms with Crippen LogP contribution in [0, 0.1) is 0 Å². The van der Waals surface area contributed by atoms with Crippen LogP contribution in [-0.2, 0) is 19.6 Å². The number of carbonyl (C=O) groups is 1. The molecule has 0 radical (unpaired) electrons. The number of thiophene rings is 1. The first-order chi connectivity index (χ1) is 15.4. The molecule has 1 aliphatic rings. The van der Waals surface area contributed by atoms with Gasteiger partial charge in [-0.05, 0) is 23.6 Å². The minimum absolute atomic E-state index is 0.128. The predicted molar refractivity (Wildman–Crippen MR) is 129 cm³/mol. The number of hydrogen-bond donors (Lipinski definition) is 1. The van der Waals surface area contributed by atoms with Crippen LogP contribution in [0.25, 0.3) is 10.9 Å². The topological polar surface area (TPSA) is 101 Å². The fourth-order valence-electron chi connectivity index (χ4n) is 3.36. The number of hydrogen-bond acceptors (Lipinski definition) is 8. The van der Waals surface area contributed by atoms with E-state index in [1.165, 1.54) is 22.7 Å². The summed E-state index contributed by atoms with van der Waals surface area (Å²) in [5.41, 5.74) is 1.93. The highest BCUT2D eigenvalue weighted by molar-refractivity contribution is 8.15. The molecule has 32 heavy (non-hydrogen) atoms. The number of anilines is 1. The first-order valence-corrected chi connectivity index (χ1v) is 13.1. The maximum absolute atomic E-state index is 13.2. The molecule has 2 aromatic heterocycles. The second kappa shape index (κ2) is 9.65. The number of fused-ring (bicyclic) bond motifs is 1. The Morgan fingerprint density at radius 1 is 1.31 bits per heavy atom. The van der Waals surface area contributed by atoms with Crippen LogP contribution >= 0.6 is 23.1 Å². The van der Waals surface area contributed by atoms with Crippen molar-refractivity contribution in [1.82, 2.24) is 4.98 Å². The standard InChI is InChI=1S/C21H23N3O5S3/c1-24(32(26,27)19-4-3-9-30-19)18-12-15(29-8-7-28-2)10-14-11-17(23-20(14)18)21-22-13-16(31-21)5-6-25/h3-4,6,9-12,16,23H,5,7-8,13H2,1-2H3. The second-order valence-electron chi connectivity index (χ2n) is 7.12. The van der Waals surface area contributed by atoms with E-state index in [-0.39, 0.29) is 9.46 Å². The molecule has 1 atom stereocenters. The Kier molecular flexibility index (Phi) is 6.89. The molecule has 1 N–H and O–H groups in total. The number of thioether (sulfide) groups is 1. The highest BCUT2D eigenvalue weighted by atomic mass is 32.2. The van der Waals surface area contributed by atoms with Crippen LogP contribution in [0.15, 0.2) is 44.9 Å². The number of nitrogens with one attached hydrogen (secondary N) is 1. The molecule has 0 fully saturated rings. The summed E-state index contributed by atoms with van der Waals surface area (Å²) in [6.45, 7) is 1.34. The zero-order valence-corrected chi connectivity index (χ0v) is 20.1. The van der Waals surface area contributed by atoms with Gasteiger partial charge in [0.05, 0.1) is 30.0 Å². The van der Waals surface area contributed by atoms with Crippen molar-refractivity contribution in [3.05, 3.63) is 41.4 Å². The number of aldehydes is 1. The number of nitrogens with zero attached hydrogens (tertiary/aromatic N) is 2. The maximum Gasteiger partial charge on any atom is 0.273 e. The van der Waals surface area contributed by atoms with E-state index in [9.17, 15) is 13.2 Å². The number of aromatic amines is 1. The van der Waals surface area contributed by atoms with Crippen molar-refractivity contribution in [3.8, 4) is 5.75 Å². The largest absolute Gasteiger partial charge is 0.491 e. The number of benzene rings is 1. The second-order valence-corrected chi connectivity index (χ2v) is 11.6. The molecule has 8 nitrogen and oxygen atoms in total. The minimum Gasteiger partial charge on any atom is -0.491 e. The molecule has 0 aliphatic carbocycles. The van der Waals surface area contributed by atoms with E-state index in [4.69, 9.17) is 9.47 Å². The van der Waals surface area contributed by atoms with Crippen LogP contribution in [0.2, 0.25) is 0 Å². The molecule has 1 aliphatic heterocycles. The highest BCUT2D eigenvalue weighted by Gasteiger charge is 2.27. The van der Waals surface area contributed by atoms with Gasteiger partial charge in [-0.15, -0.1) is 11.3 Å².